The number of aryl methyl sites for hydroxylation is 2. The number of ether oxygens (including phenoxy) is 1. The first-order chi connectivity index (χ1) is 20.2. The van der Waals surface area contributed by atoms with Crippen LogP contribution in [0.15, 0.2) is 77.7 Å². The number of amides is 2. The largest absolute Gasteiger partial charge is 0.497 e. The Kier molecular flexibility index (Phi) is 12.0. The molecule has 0 aliphatic heterocycles. The molecule has 0 saturated carbocycles. The van der Waals surface area contributed by atoms with Crippen molar-refractivity contribution in [1.29, 1.82) is 0 Å². The number of benzene rings is 3. The van der Waals surface area contributed by atoms with Crippen LogP contribution in [0.3, 0.4) is 0 Å². The summed E-state index contributed by atoms with van der Waals surface area (Å²) in [5.74, 6) is -0.0490. The molecule has 0 saturated heterocycles. The highest BCUT2D eigenvalue weighted by Gasteiger charge is 2.34. The highest BCUT2D eigenvalue weighted by molar-refractivity contribution is 7.92. The molecule has 8 nitrogen and oxygen atoms in total. The van der Waals surface area contributed by atoms with Crippen molar-refractivity contribution in [3.63, 3.8) is 0 Å². The fourth-order valence-corrected chi connectivity index (χ4v) is 6.21. The van der Waals surface area contributed by atoms with Gasteiger partial charge in [0.1, 0.15) is 18.3 Å². The van der Waals surface area contributed by atoms with Crippen LogP contribution in [-0.2, 0) is 32.6 Å². The average Bonchev–Trinajstić information content (AvgIpc) is 3.00. The van der Waals surface area contributed by atoms with Crippen LogP contribution in [0.5, 0.6) is 5.75 Å². The van der Waals surface area contributed by atoms with Crippen LogP contribution in [0.1, 0.15) is 56.7 Å². The van der Waals surface area contributed by atoms with E-state index < -0.39 is 28.5 Å². The maximum atomic E-state index is 14.2. The molecule has 0 aliphatic carbocycles. The Morgan fingerprint density at radius 1 is 0.929 bits per heavy atom. The van der Waals surface area contributed by atoms with E-state index in [1.54, 1.807) is 55.6 Å². The van der Waals surface area contributed by atoms with Gasteiger partial charge in [0, 0.05) is 13.1 Å². The molecule has 0 bridgehead atoms. The quantitative estimate of drug-likeness (QED) is 0.235. The average molecular weight is 594 g/mol. The molecule has 1 atom stereocenters. The number of methoxy groups -OCH3 is 1. The lowest BCUT2D eigenvalue weighted by Crippen LogP contribution is -2.52. The molecule has 0 aromatic heterocycles. The third-order valence-electron chi connectivity index (χ3n) is 7.26. The van der Waals surface area contributed by atoms with Gasteiger partial charge < -0.3 is 15.0 Å². The van der Waals surface area contributed by atoms with E-state index in [-0.39, 0.29) is 17.3 Å². The van der Waals surface area contributed by atoms with Crippen LogP contribution >= 0.6 is 0 Å². The van der Waals surface area contributed by atoms with Crippen molar-refractivity contribution in [2.45, 2.75) is 70.9 Å². The first-order valence-electron chi connectivity index (χ1n) is 14.5. The topological polar surface area (TPSA) is 96.0 Å². The molecule has 3 rings (SSSR count). The van der Waals surface area contributed by atoms with Crippen LogP contribution in [0.4, 0.5) is 5.69 Å². The van der Waals surface area contributed by atoms with Crippen molar-refractivity contribution in [2.24, 2.45) is 0 Å². The molecule has 0 heterocycles. The van der Waals surface area contributed by atoms with Crippen LogP contribution in [0.25, 0.3) is 0 Å². The van der Waals surface area contributed by atoms with Gasteiger partial charge in [-0.15, -0.1) is 0 Å². The van der Waals surface area contributed by atoms with Gasteiger partial charge in [-0.1, -0.05) is 75.2 Å². The summed E-state index contributed by atoms with van der Waals surface area (Å²) >= 11 is 0. The molecule has 2 amide bonds. The molecule has 1 N–H and O–H groups in total. The van der Waals surface area contributed by atoms with Crippen LogP contribution in [-0.4, -0.2) is 51.4 Å². The monoisotopic (exact) mass is 593 g/mol. The second-order valence-corrected chi connectivity index (χ2v) is 12.1. The Balaban J connectivity index is 2.06. The lowest BCUT2D eigenvalue weighted by atomic mass is 10.1. The second-order valence-electron chi connectivity index (χ2n) is 10.2. The van der Waals surface area contributed by atoms with Gasteiger partial charge in [-0.05, 0) is 67.6 Å². The molecule has 0 aliphatic rings. The Hall–Kier alpha value is -3.85. The predicted octanol–water partition coefficient (Wildman–Crippen LogP) is 5.49. The Labute approximate surface area is 250 Å². The van der Waals surface area contributed by atoms with Crippen LogP contribution in [0.2, 0.25) is 0 Å². The molecule has 226 valence electrons. The van der Waals surface area contributed by atoms with E-state index in [0.717, 1.165) is 29.5 Å². The van der Waals surface area contributed by atoms with Gasteiger partial charge in [-0.2, -0.15) is 0 Å². The van der Waals surface area contributed by atoms with E-state index in [9.17, 15) is 18.0 Å². The second kappa shape index (κ2) is 15.4. The van der Waals surface area contributed by atoms with Crippen molar-refractivity contribution < 1.29 is 22.7 Å². The van der Waals surface area contributed by atoms with Crippen molar-refractivity contribution >= 4 is 27.5 Å². The zero-order valence-electron chi connectivity index (χ0n) is 25.3. The molecule has 3 aromatic carbocycles. The first-order valence-corrected chi connectivity index (χ1v) is 16.0. The molecule has 1 unspecified atom stereocenters. The molecular weight excluding hydrogens is 550 g/mol. The van der Waals surface area contributed by atoms with Gasteiger partial charge in [-0.25, -0.2) is 8.42 Å². The van der Waals surface area contributed by atoms with Crippen molar-refractivity contribution in [1.82, 2.24) is 10.2 Å². The standard InChI is InChI=1S/C33H43N3O5S/c1-6-9-22-34-33(38)30(8-3)35(23-26-16-18-28(41-5)19-17-26)32(37)24-36(31-13-11-10-12-27(31)7-2)42(39,40)29-20-14-25(4)15-21-29/h10-21,30H,6-9,22-24H2,1-5H3,(H,34,38). The number of nitrogens with zero attached hydrogens (tertiary/aromatic N) is 2. The normalized spacial score (nSPS) is 11.9. The van der Waals surface area contributed by atoms with Gasteiger partial charge in [0.2, 0.25) is 11.8 Å². The Morgan fingerprint density at radius 3 is 2.19 bits per heavy atom. The minimum absolute atomic E-state index is 0.0952. The minimum Gasteiger partial charge on any atom is -0.497 e. The number of hydrogen-bond donors (Lipinski definition) is 1. The summed E-state index contributed by atoms with van der Waals surface area (Å²) in [4.78, 5) is 29.2. The summed E-state index contributed by atoms with van der Waals surface area (Å²) in [5.41, 5.74) is 2.97. The lowest BCUT2D eigenvalue weighted by molar-refractivity contribution is -0.140. The summed E-state index contributed by atoms with van der Waals surface area (Å²) in [6.07, 6.45) is 2.70. The summed E-state index contributed by atoms with van der Waals surface area (Å²) < 4.78 is 34.7. The van der Waals surface area contributed by atoms with E-state index in [0.29, 0.717) is 30.8 Å². The van der Waals surface area contributed by atoms with Crippen molar-refractivity contribution in [3.8, 4) is 5.75 Å². The Bertz CT molecular complexity index is 1420. The van der Waals surface area contributed by atoms with Gasteiger partial charge in [-0.3, -0.25) is 13.9 Å². The highest BCUT2D eigenvalue weighted by atomic mass is 32.2. The predicted molar refractivity (Wildman–Crippen MR) is 167 cm³/mol. The number of unbranched alkanes of at least 4 members (excludes halogenated alkanes) is 1. The summed E-state index contributed by atoms with van der Waals surface area (Å²) in [6.45, 7) is 7.91. The maximum absolute atomic E-state index is 14.2. The fraction of sp³-hybridized carbons (Fsp3) is 0.394. The van der Waals surface area contributed by atoms with E-state index in [1.165, 1.54) is 9.21 Å². The number of carbonyl (C=O) groups excluding carboxylic acids is 2. The number of hydrogen-bond acceptors (Lipinski definition) is 5. The minimum atomic E-state index is -4.12. The molecule has 0 radical (unpaired) electrons. The van der Waals surface area contributed by atoms with E-state index in [4.69, 9.17) is 4.74 Å². The summed E-state index contributed by atoms with van der Waals surface area (Å²) in [6, 6.07) is 20.3. The fourth-order valence-electron chi connectivity index (χ4n) is 4.76. The zero-order chi connectivity index (χ0) is 30.7. The highest BCUT2D eigenvalue weighted by Crippen LogP contribution is 2.28. The van der Waals surface area contributed by atoms with Crippen LogP contribution < -0.4 is 14.4 Å². The molecule has 9 heteroatoms. The van der Waals surface area contributed by atoms with Crippen molar-refractivity contribution in [2.75, 3.05) is 24.5 Å². The molecule has 42 heavy (non-hydrogen) atoms. The third-order valence-corrected chi connectivity index (χ3v) is 9.03. The molecule has 0 fully saturated rings. The summed E-state index contributed by atoms with van der Waals surface area (Å²) in [7, 11) is -2.54. The molecule has 0 spiro atoms. The molecular formula is C33H43N3O5S. The Morgan fingerprint density at radius 2 is 1.60 bits per heavy atom. The van der Waals surface area contributed by atoms with E-state index >= 15 is 0 Å². The molecule has 3 aromatic rings. The number of para-hydroxylation sites is 1. The zero-order valence-corrected chi connectivity index (χ0v) is 26.1. The lowest BCUT2D eigenvalue weighted by Gasteiger charge is -2.33. The van der Waals surface area contributed by atoms with Crippen LogP contribution in [0, 0.1) is 6.92 Å². The number of nitrogens with one attached hydrogen (secondary N) is 1. The van der Waals surface area contributed by atoms with Crippen molar-refractivity contribution in [3.05, 3.63) is 89.5 Å². The smallest absolute Gasteiger partial charge is 0.264 e. The SMILES string of the molecule is CCCCNC(=O)C(CC)N(Cc1ccc(OC)cc1)C(=O)CN(c1ccccc1CC)S(=O)(=O)c1ccc(C)cc1. The van der Waals surface area contributed by atoms with Gasteiger partial charge in [0.15, 0.2) is 0 Å². The number of sulfonamides is 1. The number of anilines is 1. The van der Waals surface area contributed by atoms with Gasteiger partial charge in [0.25, 0.3) is 10.0 Å². The summed E-state index contributed by atoms with van der Waals surface area (Å²) in [5, 5.41) is 2.95. The van der Waals surface area contributed by atoms with E-state index in [1.807, 2.05) is 52.0 Å². The maximum Gasteiger partial charge on any atom is 0.264 e. The number of carbonyl (C=O) groups is 2. The van der Waals surface area contributed by atoms with Gasteiger partial charge in [0.05, 0.1) is 17.7 Å². The van der Waals surface area contributed by atoms with Gasteiger partial charge >= 0.3 is 0 Å². The van der Waals surface area contributed by atoms with E-state index in [2.05, 4.69) is 5.32 Å². The third kappa shape index (κ3) is 8.12. The first kappa shape index (κ1) is 32.7. The number of rotatable bonds is 15.